The number of aryl methyl sites for hydroxylation is 1. The molecule has 0 aliphatic carbocycles. The number of amides is 2. The highest BCUT2D eigenvalue weighted by Gasteiger charge is 2.55. The van der Waals surface area contributed by atoms with Crippen LogP contribution in [0.15, 0.2) is 40.0 Å². The maximum absolute atomic E-state index is 13.5. The van der Waals surface area contributed by atoms with Gasteiger partial charge in [0.25, 0.3) is 23.4 Å². The van der Waals surface area contributed by atoms with Crippen LogP contribution in [0.1, 0.15) is 43.6 Å². The van der Waals surface area contributed by atoms with Crippen molar-refractivity contribution in [1.82, 2.24) is 34.8 Å². The Hall–Kier alpha value is -6.20. The minimum absolute atomic E-state index is 0.0390. The van der Waals surface area contributed by atoms with Crippen molar-refractivity contribution >= 4 is 86.5 Å². The number of nitrogens with two attached hydrogens (primary N) is 1. The van der Waals surface area contributed by atoms with Crippen molar-refractivity contribution in [3.05, 3.63) is 68.9 Å². The molecular formula is C28H21N9O11S3. The third kappa shape index (κ3) is 6.35. The fraction of sp³-hybridized carbons (Fsp3) is 0.179. The summed E-state index contributed by atoms with van der Waals surface area (Å²) >= 11 is 7.70. The van der Waals surface area contributed by atoms with Crippen molar-refractivity contribution in [3.8, 4) is 11.5 Å². The van der Waals surface area contributed by atoms with Gasteiger partial charge in [-0.05, 0) is 25.1 Å². The molecule has 2 aliphatic heterocycles. The van der Waals surface area contributed by atoms with Gasteiger partial charge in [-0.25, -0.2) is 24.4 Å². The molecule has 3 aromatic heterocycles. The molecule has 0 saturated carbocycles. The lowest BCUT2D eigenvalue weighted by molar-refractivity contribution is -0.150. The van der Waals surface area contributed by atoms with Gasteiger partial charge in [0.2, 0.25) is 0 Å². The zero-order valence-corrected chi connectivity index (χ0v) is 27.9. The summed E-state index contributed by atoms with van der Waals surface area (Å²) in [5.41, 5.74) is 4.83. The van der Waals surface area contributed by atoms with E-state index in [-0.39, 0.29) is 44.1 Å². The molecule has 1 saturated heterocycles. The molecule has 23 heteroatoms. The number of nitrogens with zero attached hydrogens (tertiary/aromatic N) is 7. The highest BCUT2D eigenvalue weighted by molar-refractivity contribution is 8.00. The number of carbonyl (C=O) groups excluding carboxylic acids is 2. The van der Waals surface area contributed by atoms with Gasteiger partial charge in [0, 0.05) is 28.0 Å². The second-order valence-electron chi connectivity index (χ2n) is 10.6. The van der Waals surface area contributed by atoms with Crippen LogP contribution in [0.25, 0.3) is 5.78 Å². The number of thiocarbonyl (C=S) groups is 1. The van der Waals surface area contributed by atoms with E-state index in [2.05, 4.69) is 30.5 Å². The maximum atomic E-state index is 13.5. The number of nitrogen functional groups attached to an aromatic ring is 1. The standard InChI is InChI=1S/C28H21N9O11S3/c1-8-2-13(37-28(30-8)33-20(34-37)26(46)47)19(49)11-6-50-23-17(22(41)36(23)18(11)25(44)45)32-21(40)16(12-7-51-27(29)31-12)35-48-5-9-3-14(38)15(39)4-10(9)24(42)43/h2-4,7,17,23,38-39H,5-6H2,1H3,(H2,29,31)(H,32,40)(H,42,43)(H,44,45)(H,46,47)/b35-16-/t17-,23-/m1/s1. The van der Waals surface area contributed by atoms with Crippen LogP contribution in [-0.4, -0.2) is 112 Å². The first-order chi connectivity index (χ1) is 24.2. The normalized spacial score (nSPS) is 17.2. The van der Waals surface area contributed by atoms with Gasteiger partial charge in [0.05, 0.1) is 16.1 Å². The number of phenolic OH excluding ortho intramolecular Hbond substituents is 2. The third-order valence-electron chi connectivity index (χ3n) is 7.38. The number of aliphatic carboxylic acids is 1. The summed E-state index contributed by atoms with van der Waals surface area (Å²) in [4.78, 5) is 80.9. The first kappa shape index (κ1) is 34.7. The average molecular weight is 756 g/mol. The van der Waals surface area contributed by atoms with Crippen molar-refractivity contribution in [2.24, 2.45) is 5.16 Å². The third-order valence-corrected chi connectivity index (χ3v) is 9.79. The van der Waals surface area contributed by atoms with E-state index < -0.39 is 82.0 Å². The number of carbonyl (C=O) groups is 5. The summed E-state index contributed by atoms with van der Waals surface area (Å²) in [6, 6.07) is 1.98. The summed E-state index contributed by atoms with van der Waals surface area (Å²) in [6.07, 6.45) is 0. The molecule has 5 heterocycles. The lowest BCUT2D eigenvalue weighted by atomic mass is 10.00. The molecule has 1 aromatic carbocycles. The van der Waals surface area contributed by atoms with Crippen LogP contribution in [0.3, 0.4) is 0 Å². The van der Waals surface area contributed by atoms with Gasteiger partial charge in [-0.2, -0.15) is 9.50 Å². The molecule has 2 atom stereocenters. The number of fused-ring (bicyclic) bond motifs is 2. The van der Waals surface area contributed by atoms with E-state index >= 15 is 0 Å². The van der Waals surface area contributed by atoms with Gasteiger partial charge < -0.3 is 41.4 Å². The number of hydrogen-bond acceptors (Lipinski definition) is 17. The summed E-state index contributed by atoms with van der Waals surface area (Å²) < 4.78 is 1.07. The number of anilines is 1. The SMILES string of the molecule is Cc1cc(C(=S)C2=C(C(=O)O)N3C(=O)[C@@H](NC(=O)/C(=N\OCc4cc(O)c(O)cc4C(=O)O)c4csc(N)n4)[C@H]3SC2)n2nc(C(=O)O)nc2n1. The Balaban J connectivity index is 1.25. The van der Waals surface area contributed by atoms with Crippen molar-refractivity contribution in [2.45, 2.75) is 24.9 Å². The fourth-order valence-corrected chi connectivity index (χ4v) is 7.41. The number of aromatic hydroxyl groups is 2. The van der Waals surface area contributed by atoms with Crippen molar-refractivity contribution < 1.29 is 54.3 Å². The van der Waals surface area contributed by atoms with Gasteiger partial charge >= 0.3 is 17.9 Å². The van der Waals surface area contributed by atoms with Gasteiger partial charge in [-0.1, -0.05) is 17.4 Å². The molecule has 0 radical (unpaired) electrons. The quantitative estimate of drug-likeness (QED) is 0.0271. The predicted octanol–water partition coefficient (Wildman–Crippen LogP) is 0.357. The van der Waals surface area contributed by atoms with E-state index in [9.17, 15) is 49.5 Å². The molecule has 2 amide bonds. The monoisotopic (exact) mass is 755 g/mol. The number of nitrogens with one attached hydrogen (secondary N) is 1. The molecule has 2 aliphatic rings. The lowest BCUT2D eigenvalue weighted by Gasteiger charge is -2.49. The lowest BCUT2D eigenvalue weighted by Crippen LogP contribution is -2.71. The molecule has 51 heavy (non-hydrogen) atoms. The first-order valence-electron chi connectivity index (χ1n) is 14.1. The van der Waals surface area contributed by atoms with Crippen LogP contribution >= 0.6 is 35.3 Å². The van der Waals surface area contributed by atoms with Crippen LogP contribution in [0.4, 0.5) is 5.13 Å². The van der Waals surface area contributed by atoms with Gasteiger partial charge in [-0.3, -0.25) is 14.5 Å². The number of carboxylic acids is 3. The largest absolute Gasteiger partial charge is 0.504 e. The second kappa shape index (κ2) is 13.3. The van der Waals surface area contributed by atoms with Crippen LogP contribution in [0.5, 0.6) is 11.5 Å². The van der Waals surface area contributed by atoms with E-state index in [0.29, 0.717) is 5.69 Å². The molecule has 0 bridgehead atoms. The van der Waals surface area contributed by atoms with Gasteiger partial charge in [0.1, 0.15) is 29.4 Å². The van der Waals surface area contributed by atoms with Crippen molar-refractivity contribution in [2.75, 3.05) is 11.5 Å². The topological polar surface area (TPSA) is 305 Å². The Morgan fingerprint density at radius 3 is 2.45 bits per heavy atom. The van der Waals surface area contributed by atoms with E-state index in [1.165, 1.54) is 11.4 Å². The number of phenols is 2. The fourth-order valence-electron chi connectivity index (χ4n) is 5.10. The molecule has 8 N–H and O–H groups in total. The van der Waals surface area contributed by atoms with E-state index in [1.54, 1.807) is 6.92 Å². The molecule has 262 valence electrons. The Morgan fingerprint density at radius 1 is 1.08 bits per heavy atom. The van der Waals surface area contributed by atoms with Crippen molar-refractivity contribution in [1.29, 1.82) is 0 Å². The van der Waals surface area contributed by atoms with Crippen LogP contribution in [0.2, 0.25) is 0 Å². The molecular weight excluding hydrogens is 735 g/mol. The Bertz CT molecular complexity index is 2280. The number of aromatic carboxylic acids is 2. The van der Waals surface area contributed by atoms with E-state index in [1.807, 2.05) is 0 Å². The zero-order chi connectivity index (χ0) is 36.9. The average Bonchev–Trinajstić information content (AvgIpc) is 3.71. The number of benzene rings is 1. The Kier molecular flexibility index (Phi) is 9.01. The number of hydrogen-bond donors (Lipinski definition) is 7. The number of rotatable bonds is 11. The van der Waals surface area contributed by atoms with Gasteiger partial charge in [-0.15, -0.1) is 28.2 Å². The molecule has 0 unspecified atom stereocenters. The number of oxime groups is 1. The molecule has 20 nitrogen and oxygen atoms in total. The molecule has 6 rings (SSSR count). The first-order valence-corrected chi connectivity index (χ1v) is 16.4. The maximum Gasteiger partial charge on any atom is 0.375 e. The van der Waals surface area contributed by atoms with E-state index in [0.717, 1.165) is 44.6 Å². The van der Waals surface area contributed by atoms with Crippen LogP contribution in [0, 0.1) is 6.92 Å². The number of carboxylic acid groups (broad SMARTS) is 3. The highest BCUT2D eigenvalue weighted by Crippen LogP contribution is 2.41. The summed E-state index contributed by atoms with van der Waals surface area (Å²) in [5.74, 6) is -8.10. The van der Waals surface area contributed by atoms with E-state index in [4.69, 9.17) is 22.8 Å². The summed E-state index contributed by atoms with van der Waals surface area (Å²) in [5, 5.41) is 59.3. The van der Waals surface area contributed by atoms with Crippen molar-refractivity contribution in [3.63, 3.8) is 0 Å². The van der Waals surface area contributed by atoms with Crippen LogP contribution < -0.4 is 11.1 Å². The predicted molar refractivity (Wildman–Crippen MR) is 178 cm³/mol. The summed E-state index contributed by atoms with van der Waals surface area (Å²) in [6.45, 7) is 1.02. The Morgan fingerprint density at radius 2 is 1.80 bits per heavy atom. The number of β-lactam (4-membered cyclic amide) rings is 1. The number of aromatic nitrogens is 5. The molecule has 4 aromatic rings. The highest BCUT2D eigenvalue weighted by atomic mass is 32.2. The smallest absolute Gasteiger partial charge is 0.375 e. The molecule has 0 spiro atoms. The van der Waals surface area contributed by atoms with Gasteiger partial charge in [0.15, 0.2) is 22.3 Å². The Labute approximate surface area is 296 Å². The summed E-state index contributed by atoms with van der Waals surface area (Å²) in [7, 11) is 0. The van der Waals surface area contributed by atoms with Crippen LogP contribution in [-0.2, 0) is 25.8 Å². The minimum Gasteiger partial charge on any atom is -0.504 e. The molecule has 1 fully saturated rings. The second-order valence-corrected chi connectivity index (χ2v) is 13.0. The minimum atomic E-state index is -1.49. The number of thioether (sulfide) groups is 1. The number of thiazole rings is 1. The zero-order valence-electron chi connectivity index (χ0n) is 25.5.